The Morgan fingerprint density at radius 2 is 1.88 bits per heavy atom. The van der Waals surface area contributed by atoms with Gasteiger partial charge >= 0.3 is 6.18 Å². The topological polar surface area (TPSA) is 78.4 Å². The highest BCUT2D eigenvalue weighted by molar-refractivity contribution is 5.64. The molecule has 2 saturated carbocycles. The van der Waals surface area contributed by atoms with Gasteiger partial charge in [-0.05, 0) is 50.7 Å². The highest BCUT2D eigenvalue weighted by Gasteiger charge is 2.58. The average Bonchev–Trinajstić information content (AvgIpc) is 3.13. The van der Waals surface area contributed by atoms with Crippen LogP contribution in [0.4, 0.5) is 19.0 Å². The molecule has 0 unspecified atom stereocenters. The van der Waals surface area contributed by atoms with E-state index in [-0.39, 0.29) is 17.6 Å². The fraction of sp³-hybridized carbons (Fsp3) is 0.652. The molecule has 10 heteroatoms. The molecule has 4 atom stereocenters. The number of morpholine rings is 1. The molecule has 2 aromatic heterocycles. The van der Waals surface area contributed by atoms with Crippen molar-refractivity contribution in [1.29, 1.82) is 0 Å². The first-order chi connectivity index (χ1) is 15.7. The number of nitrogens with two attached hydrogens (primary N) is 1. The van der Waals surface area contributed by atoms with E-state index in [4.69, 9.17) is 20.3 Å². The number of hydrogen-bond donors (Lipinski definition) is 1. The summed E-state index contributed by atoms with van der Waals surface area (Å²) in [6, 6.07) is 4.37. The van der Waals surface area contributed by atoms with Crippen molar-refractivity contribution in [2.24, 2.45) is 11.8 Å². The summed E-state index contributed by atoms with van der Waals surface area (Å²) in [6.07, 6.45) is -0.508. The molecule has 2 aliphatic carbocycles. The zero-order chi connectivity index (χ0) is 23.3. The number of hydrogen-bond acceptors (Lipinski definition) is 6. The van der Waals surface area contributed by atoms with Crippen LogP contribution in [0.2, 0.25) is 0 Å². The zero-order valence-corrected chi connectivity index (χ0v) is 18.9. The summed E-state index contributed by atoms with van der Waals surface area (Å²) in [5.41, 5.74) is 8.21. The molecular formula is C23H30F3N5O2. The normalized spacial score (nSPS) is 27.7. The largest absolute Gasteiger partial charge is 0.480 e. The number of rotatable bonds is 6. The van der Waals surface area contributed by atoms with Gasteiger partial charge in [0.1, 0.15) is 0 Å². The number of nitrogen functional groups attached to an aromatic ring is 1. The maximum Gasteiger partial charge on any atom is 0.422 e. The van der Waals surface area contributed by atoms with Crippen LogP contribution in [0.15, 0.2) is 18.3 Å². The number of halogens is 3. The number of nitrogens with zero attached hydrogens (tertiary/aromatic N) is 4. The summed E-state index contributed by atoms with van der Waals surface area (Å²) in [7, 11) is 0. The first kappa shape index (κ1) is 22.5. The van der Waals surface area contributed by atoms with Gasteiger partial charge in [0.25, 0.3) is 0 Å². The maximum absolute atomic E-state index is 12.6. The Labute approximate surface area is 191 Å². The molecule has 0 radical (unpaired) electrons. The molecule has 3 fully saturated rings. The SMILES string of the molecule is CC(C)n1nc(-c2cnc(N)c(OCC(F)(F)F)c2)cc1[C@H]1[C@@H]2C[C@H](N3CCOCC3)C[C@@H]21. The predicted octanol–water partition coefficient (Wildman–Crippen LogP) is 3.87. The first-order valence-electron chi connectivity index (χ1n) is 11.6. The smallest absolute Gasteiger partial charge is 0.422 e. The van der Waals surface area contributed by atoms with Gasteiger partial charge in [0.2, 0.25) is 0 Å². The van der Waals surface area contributed by atoms with Gasteiger partial charge in [-0.1, -0.05) is 0 Å². The molecule has 2 aromatic rings. The molecule has 3 aliphatic rings. The van der Waals surface area contributed by atoms with Gasteiger partial charge in [-0.3, -0.25) is 9.58 Å². The molecular weight excluding hydrogens is 435 g/mol. The van der Waals surface area contributed by atoms with Crippen molar-refractivity contribution in [2.75, 3.05) is 38.6 Å². The number of alkyl halides is 3. The Morgan fingerprint density at radius 3 is 2.52 bits per heavy atom. The van der Waals surface area contributed by atoms with Crippen molar-refractivity contribution in [3.05, 3.63) is 24.0 Å². The van der Waals surface area contributed by atoms with E-state index < -0.39 is 12.8 Å². The lowest BCUT2D eigenvalue weighted by Gasteiger charge is -2.33. The van der Waals surface area contributed by atoms with Gasteiger partial charge in [-0.15, -0.1) is 0 Å². The van der Waals surface area contributed by atoms with Gasteiger partial charge in [-0.2, -0.15) is 18.3 Å². The fourth-order valence-corrected chi connectivity index (χ4v) is 5.57. The Hall–Kier alpha value is -2.33. The van der Waals surface area contributed by atoms with Gasteiger partial charge < -0.3 is 15.2 Å². The second-order valence-electron chi connectivity index (χ2n) is 9.63. The van der Waals surface area contributed by atoms with E-state index in [1.165, 1.54) is 30.8 Å². The van der Waals surface area contributed by atoms with Crippen LogP contribution in [-0.4, -0.2) is 64.8 Å². The molecule has 3 heterocycles. The predicted molar refractivity (Wildman–Crippen MR) is 117 cm³/mol. The molecule has 1 saturated heterocycles. The van der Waals surface area contributed by atoms with E-state index in [1.807, 2.05) is 0 Å². The summed E-state index contributed by atoms with van der Waals surface area (Å²) in [5.74, 6) is 1.65. The summed E-state index contributed by atoms with van der Waals surface area (Å²) in [6.45, 7) is 6.45. The second-order valence-corrected chi connectivity index (χ2v) is 9.63. The van der Waals surface area contributed by atoms with Crippen LogP contribution in [0.1, 0.15) is 44.3 Å². The lowest BCUT2D eigenvalue weighted by molar-refractivity contribution is -0.153. The highest BCUT2D eigenvalue weighted by atomic mass is 19.4. The van der Waals surface area contributed by atoms with Gasteiger partial charge in [-0.25, -0.2) is 4.98 Å². The number of pyridine rings is 1. The molecule has 0 aromatic carbocycles. The third-order valence-electron chi connectivity index (χ3n) is 7.15. The van der Waals surface area contributed by atoms with E-state index >= 15 is 0 Å². The molecule has 7 nitrogen and oxygen atoms in total. The van der Waals surface area contributed by atoms with E-state index in [2.05, 4.69) is 34.5 Å². The zero-order valence-electron chi connectivity index (χ0n) is 18.9. The van der Waals surface area contributed by atoms with Gasteiger partial charge in [0, 0.05) is 48.5 Å². The van der Waals surface area contributed by atoms with E-state index in [9.17, 15) is 13.2 Å². The summed E-state index contributed by atoms with van der Waals surface area (Å²) < 4.78 is 50.2. The Balaban J connectivity index is 1.34. The molecule has 1 aliphatic heterocycles. The summed E-state index contributed by atoms with van der Waals surface area (Å²) in [4.78, 5) is 6.61. The number of fused-ring (bicyclic) bond motifs is 1. The van der Waals surface area contributed by atoms with Crippen LogP contribution in [0, 0.1) is 11.8 Å². The van der Waals surface area contributed by atoms with Crippen molar-refractivity contribution in [2.45, 2.75) is 50.9 Å². The van der Waals surface area contributed by atoms with Gasteiger partial charge in [0.05, 0.1) is 18.9 Å². The van der Waals surface area contributed by atoms with E-state index in [0.717, 1.165) is 26.3 Å². The van der Waals surface area contributed by atoms with Crippen molar-refractivity contribution in [1.82, 2.24) is 19.7 Å². The van der Waals surface area contributed by atoms with Crippen LogP contribution >= 0.6 is 0 Å². The molecule has 0 bridgehead atoms. The van der Waals surface area contributed by atoms with Crippen molar-refractivity contribution < 1.29 is 22.6 Å². The minimum absolute atomic E-state index is 0.0719. The van der Waals surface area contributed by atoms with Crippen LogP contribution in [0.3, 0.4) is 0 Å². The van der Waals surface area contributed by atoms with E-state index in [0.29, 0.717) is 35.1 Å². The third kappa shape index (κ3) is 4.55. The quantitative estimate of drug-likeness (QED) is 0.698. The number of anilines is 1. The maximum atomic E-state index is 12.6. The molecule has 2 N–H and O–H groups in total. The van der Waals surface area contributed by atoms with E-state index in [1.54, 1.807) is 0 Å². The minimum Gasteiger partial charge on any atom is -0.480 e. The Bertz CT molecular complexity index is 990. The number of ether oxygens (including phenoxy) is 2. The second kappa shape index (κ2) is 8.47. The molecule has 5 rings (SSSR count). The summed E-state index contributed by atoms with van der Waals surface area (Å²) in [5, 5.41) is 4.79. The van der Waals surface area contributed by atoms with Crippen LogP contribution in [0.25, 0.3) is 11.3 Å². The molecule has 0 amide bonds. The third-order valence-corrected chi connectivity index (χ3v) is 7.15. The van der Waals surface area contributed by atoms with Crippen LogP contribution < -0.4 is 10.5 Å². The fourth-order valence-electron chi connectivity index (χ4n) is 5.57. The van der Waals surface area contributed by atoms with Crippen molar-refractivity contribution >= 4 is 5.82 Å². The molecule has 33 heavy (non-hydrogen) atoms. The van der Waals surface area contributed by atoms with Crippen molar-refractivity contribution in [3.63, 3.8) is 0 Å². The summed E-state index contributed by atoms with van der Waals surface area (Å²) >= 11 is 0. The number of aromatic nitrogens is 3. The highest BCUT2D eigenvalue weighted by Crippen LogP contribution is 2.64. The average molecular weight is 466 g/mol. The lowest BCUT2D eigenvalue weighted by atomic mass is 10.0. The minimum atomic E-state index is -4.45. The molecule has 180 valence electrons. The Morgan fingerprint density at radius 1 is 1.18 bits per heavy atom. The van der Waals surface area contributed by atoms with Crippen LogP contribution in [0.5, 0.6) is 5.75 Å². The monoisotopic (exact) mass is 465 g/mol. The van der Waals surface area contributed by atoms with Crippen molar-refractivity contribution in [3.8, 4) is 17.0 Å². The first-order valence-corrected chi connectivity index (χ1v) is 11.6. The Kier molecular flexibility index (Phi) is 5.76. The standard InChI is InChI=1S/C23H30F3N5O2/c1-13(2)31-19(21-16-8-15(9-17(16)21)30-3-5-32-6-4-30)10-18(29-31)14-7-20(22(27)28-11-14)33-12-23(24,25)26/h7,10-11,13,15-17,21H,3-6,8-9,12H2,1-2H3,(H2,27,28)/t15-,16+,17-,21-. The van der Waals surface area contributed by atoms with Gasteiger partial charge in [0.15, 0.2) is 18.2 Å². The molecule has 0 spiro atoms. The lowest BCUT2D eigenvalue weighted by Crippen LogP contribution is -2.43. The van der Waals surface area contributed by atoms with Crippen LogP contribution in [-0.2, 0) is 4.74 Å².